The SMILES string of the molecule is CNCCC=Cc1cc(Cl)c(F)c(Cl)c1. The zero-order chi connectivity index (χ0) is 11.3. The summed E-state index contributed by atoms with van der Waals surface area (Å²) in [5.74, 6) is -0.564. The van der Waals surface area contributed by atoms with Gasteiger partial charge in [-0.3, -0.25) is 0 Å². The van der Waals surface area contributed by atoms with Crippen LogP contribution >= 0.6 is 23.2 Å². The molecule has 0 aliphatic rings. The van der Waals surface area contributed by atoms with E-state index in [-0.39, 0.29) is 10.0 Å². The molecule has 0 aliphatic heterocycles. The first-order chi connectivity index (χ1) is 7.15. The van der Waals surface area contributed by atoms with E-state index in [0.29, 0.717) is 0 Å². The van der Waals surface area contributed by atoms with Crippen LogP contribution in [-0.4, -0.2) is 13.6 Å². The zero-order valence-corrected chi connectivity index (χ0v) is 9.87. The molecule has 1 aromatic rings. The van der Waals surface area contributed by atoms with E-state index >= 15 is 0 Å². The highest BCUT2D eigenvalue weighted by Crippen LogP contribution is 2.25. The second kappa shape index (κ2) is 6.11. The fraction of sp³-hybridized carbons (Fsp3) is 0.273. The van der Waals surface area contributed by atoms with Gasteiger partial charge in [0.1, 0.15) is 0 Å². The lowest BCUT2D eigenvalue weighted by Gasteiger charge is -2.00. The Kier molecular flexibility index (Phi) is 5.09. The molecule has 0 bridgehead atoms. The van der Waals surface area contributed by atoms with Crippen LogP contribution in [0.5, 0.6) is 0 Å². The minimum absolute atomic E-state index is 0.0516. The molecule has 0 spiro atoms. The van der Waals surface area contributed by atoms with Crippen molar-refractivity contribution in [2.45, 2.75) is 6.42 Å². The van der Waals surface area contributed by atoms with E-state index in [4.69, 9.17) is 23.2 Å². The van der Waals surface area contributed by atoms with Crippen LogP contribution in [0.4, 0.5) is 4.39 Å². The van der Waals surface area contributed by atoms with E-state index in [1.54, 1.807) is 12.1 Å². The number of hydrogen-bond donors (Lipinski definition) is 1. The van der Waals surface area contributed by atoms with E-state index < -0.39 is 5.82 Å². The third kappa shape index (κ3) is 3.82. The van der Waals surface area contributed by atoms with Crippen molar-refractivity contribution in [3.63, 3.8) is 0 Å². The van der Waals surface area contributed by atoms with Crippen LogP contribution in [0.2, 0.25) is 10.0 Å². The Hall–Kier alpha value is -0.570. The molecule has 1 nitrogen and oxygen atoms in total. The molecule has 0 unspecified atom stereocenters. The topological polar surface area (TPSA) is 12.0 Å². The van der Waals surface area contributed by atoms with Crippen LogP contribution in [0, 0.1) is 5.82 Å². The summed E-state index contributed by atoms with van der Waals surface area (Å²) < 4.78 is 13.1. The summed E-state index contributed by atoms with van der Waals surface area (Å²) in [5, 5.41) is 3.13. The van der Waals surface area contributed by atoms with Crippen molar-refractivity contribution in [1.82, 2.24) is 5.32 Å². The summed E-state index contributed by atoms with van der Waals surface area (Å²) in [6.07, 6.45) is 4.76. The summed E-state index contributed by atoms with van der Waals surface area (Å²) >= 11 is 11.3. The first-order valence-corrected chi connectivity index (χ1v) is 5.36. The van der Waals surface area contributed by atoms with Gasteiger partial charge in [-0.15, -0.1) is 0 Å². The Morgan fingerprint density at radius 1 is 1.33 bits per heavy atom. The van der Waals surface area contributed by atoms with Gasteiger partial charge in [-0.1, -0.05) is 35.4 Å². The summed E-state index contributed by atoms with van der Waals surface area (Å²) in [4.78, 5) is 0. The smallest absolute Gasteiger partial charge is 0.160 e. The van der Waals surface area contributed by atoms with Crippen LogP contribution in [0.15, 0.2) is 18.2 Å². The van der Waals surface area contributed by atoms with Crippen molar-refractivity contribution in [2.75, 3.05) is 13.6 Å². The maximum atomic E-state index is 13.1. The Balaban J connectivity index is 2.74. The Morgan fingerprint density at radius 3 is 2.47 bits per heavy atom. The summed E-state index contributed by atoms with van der Waals surface area (Å²) in [7, 11) is 1.89. The average molecular weight is 248 g/mol. The Bertz CT molecular complexity index is 341. The van der Waals surface area contributed by atoms with E-state index in [1.807, 2.05) is 19.2 Å². The highest BCUT2D eigenvalue weighted by molar-refractivity contribution is 6.35. The normalized spacial score (nSPS) is 11.2. The van der Waals surface area contributed by atoms with Gasteiger partial charge >= 0.3 is 0 Å². The third-order valence-electron chi connectivity index (χ3n) is 1.88. The highest BCUT2D eigenvalue weighted by Gasteiger charge is 2.05. The second-order valence-corrected chi connectivity index (χ2v) is 3.91. The molecule has 82 valence electrons. The lowest BCUT2D eigenvalue weighted by atomic mass is 10.2. The number of halogens is 3. The maximum absolute atomic E-state index is 13.1. The molecule has 0 atom stereocenters. The molecule has 15 heavy (non-hydrogen) atoms. The quantitative estimate of drug-likeness (QED) is 0.632. The molecule has 0 radical (unpaired) electrons. The minimum Gasteiger partial charge on any atom is -0.319 e. The number of benzene rings is 1. The predicted molar refractivity (Wildman–Crippen MR) is 64.0 cm³/mol. The molecule has 1 rings (SSSR count). The van der Waals surface area contributed by atoms with Crippen LogP contribution in [-0.2, 0) is 0 Å². The predicted octanol–water partition coefficient (Wildman–Crippen LogP) is 3.76. The Labute approximate surface area is 98.9 Å². The molecule has 0 saturated heterocycles. The van der Waals surface area contributed by atoms with Crippen molar-refractivity contribution < 1.29 is 4.39 Å². The second-order valence-electron chi connectivity index (χ2n) is 3.09. The zero-order valence-electron chi connectivity index (χ0n) is 8.36. The minimum atomic E-state index is -0.564. The van der Waals surface area contributed by atoms with E-state index in [0.717, 1.165) is 18.5 Å². The fourth-order valence-corrected chi connectivity index (χ4v) is 1.62. The van der Waals surface area contributed by atoms with Crippen molar-refractivity contribution >= 4 is 29.3 Å². The van der Waals surface area contributed by atoms with Crippen LogP contribution < -0.4 is 5.32 Å². The van der Waals surface area contributed by atoms with Crippen molar-refractivity contribution in [1.29, 1.82) is 0 Å². The van der Waals surface area contributed by atoms with Crippen molar-refractivity contribution in [2.24, 2.45) is 0 Å². The fourth-order valence-electron chi connectivity index (χ4n) is 1.12. The third-order valence-corrected chi connectivity index (χ3v) is 2.43. The van der Waals surface area contributed by atoms with Gasteiger partial charge in [-0.25, -0.2) is 4.39 Å². The monoisotopic (exact) mass is 247 g/mol. The molecular formula is C11H12Cl2FN. The van der Waals surface area contributed by atoms with Crippen LogP contribution in [0.25, 0.3) is 6.08 Å². The van der Waals surface area contributed by atoms with Gasteiger partial charge < -0.3 is 5.32 Å². The van der Waals surface area contributed by atoms with Crippen molar-refractivity contribution in [3.8, 4) is 0 Å². The van der Waals surface area contributed by atoms with Crippen LogP contribution in [0.3, 0.4) is 0 Å². The summed E-state index contributed by atoms with van der Waals surface area (Å²) in [6.45, 7) is 0.902. The van der Waals surface area contributed by atoms with Gasteiger partial charge in [0.25, 0.3) is 0 Å². The number of nitrogens with one attached hydrogen (secondary N) is 1. The van der Waals surface area contributed by atoms with Gasteiger partial charge in [0, 0.05) is 0 Å². The standard InChI is InChI=1S/C11H12Cl2FN/c1-15-5-3-2-4-8-6-9(12)11(14)10(13)7-8/h2,4,6-7,15H,3,5H2,1H3. The molecule has 0 aromatic heterocycles. The molecule has 0 amide bonds. The molecule has 1 N–H and O–H groups in total. The maximum Gasteiger partial charge on any atom is 0.160 e. The molecular weight excluding hydrogens is 236 g/mol. The van der Waals surface area contributed by atoms with Gasteiger partial charge in [0.05, 0.1) is 10.0 Å². The lowest BCUT2D eigenvalue weighted by Crippen LogP contribution is -2.05. The lowest BCUT2D eigenvalue weighted by molar-refractivity contribution is 0.628. The average Bonchev–Trinajstić information content (AvgIpc) is 2.21. The highest BCUT2D eigenvalue weighted by atomic mass is 35.5. The van der Waals surface area contributed by atoms with Gasteiger partial charge in [0.15, 0.2) is 5.82 Å². The molecule has 0 heterocycles. The number of rotatable bonds is 4. The van der Waals surface area contributed by atoms with Gasteiger partial charge in [-0.2, -0.15) is 0 Å². The van der Waals surface area contributed by atoms with Crippen LogP contribution in [0.1, 0.15) is 12.0 Å². The molecule has 0 aliphatic carbocycles. The first kappa shape index (κ1) is 12.5. The van der Waals surface area contributed by atoms with Crippen molar-refractivity contribution in [3.05, 3.63) is 39.6 Å². The van der Waals surface area contributed by atoms with E-state index in [1.165, 1.54) is 0 Å². The molecule has 1 aromatic carbocycles. The Morgan fingerprint density at radius 2 is 1.93 bits per heavy atom. The largest absolute Gasteiger partial charge is 0.319 e. The molecule has 0 saturated carbocycles. The van der Waals surface area contributed by atoms with Gasteiger partial charge in [0.2, 0.25) is 0 Å². The summed E-state index contributed by atoms with van der Waals surface area (Å²) in [5.41, 5.74) is 0.808. The molecule has 0 fully saturated rings. The molecule has 4 heteroatoms. The van der Waals surface area contributed by atoms with Gasteiger partial charge in [-0.05, 0) is 37.7 Å². The first-order valence-electron chi connectivity index (χ1n) is 4.61. The van der Waals surface area contributed by atoms with E-state index in [2.05, 4.69) is 5.32 Å². The van der Waals surface area contributed by atoms with E-state index in [9.17, 15) is 4.39 Å². The number of hydrogen-bond acceptors (Lipinski definition) is 1. The summed E-state index contributed by atoms with van der Waals surface area (Å²) in [6, 6.07) is 3.11.